The van der Waals surface area contributed by atoms with E-state index < -0.39 is 0 Å². The van der Waals surface area contributed by atoms with Gasteiger partial charge in [0.25, 0.3) is 0 Å². The minimum atomic E-state index is -0.251. The smallest absolute Gasteiger partial charge is 0.197 e. The summed E-state index contributed by atoms with van der Waals surface area (Å²) >= 11 is 0. The maximum Gasteiger partial charge on any atom is 0.197 e. The van der Waals surface area contributed by atoms with Gasteiger partial charge in [-0.15, -0.1) is 0 Å². The van der Waals surface area contributed by atoms with Crippen LogP contribution in [0.2, 0.25) is 0 Å². The quantitative estimate of drug-likeness (QED) is 0.741. The molecule has 1 aromatic rings. The molecule has 1 atom stereocenters. The van der Waals surface area contributed by atoms with E-state index in [4.69, 9.17) is 14.2 Å². The summed E-state index contributed by atoms with van der Waals surface area (Å²) in [6.45, 7) is 11.9. The zero-order chi connectivity index (χ0) is 13.8. The van der Waals surface area contributed by atoms with E-state index in [-0.39, 0.29) is 18.0 Å². The Bertz CT molecular complexity index is 349. The van der Waals surface area contributed by atoms with Gasteiger partial charge >= 0.3 is 0 Å². The zero-order valence-electron chi connectivity index (χ0n) is 12.2. The van der Waals surface area contributed by atoms with E-state index >= 15 is 0 Å². The fourth-order valence-corrected chi connectivity index (χ4v) is 1.54. The average molecular weight is 252 g/mol. The van der Waals surface area contributed by atoms with Crippen molar-refractivity contribution in [2.24, 2.45) is 0 Å². The average Bonchev–Trinajstić information content (AvgIpc) is 2.17. The topological polar surface area (TPSA) is 27.7 Å². The summed E-state index contributed by atoms with van der Waals surface area (Å²) in [5.74, 6) is 1.62. The molecule has 3 nitrogen and oxygen atoms in total. The van der Waals surface area contributed by atoms with Gasteiger partial charge in [-0.25, -0.2) is 0 Å². The highest BCUT2D eigenvalue weighted by Gasteiger charge is 2.12. The number of hydrogen-bond acceptors (Lipinski definition) is 3. The molecule has 3 heteroatoms. The molecular formula is C15H24O3. The third-order valence-electron chi connectivity index (χ3n) is 2.01. The predicted molar refractivity (Wildman–Crippen MR) is 73.1 cm³/mol. The molecular weight excluding hydrogens is 228 g/mol. The van der Waals surface area contributed by atoms with E-state index in [1.807, 2.05) is 65.8 Å². The van der Waals surface area contributed by atoms with Gasteiger partial charge in [0.2, 0.25) is 0 Å². The van der Waals surface area contributed by atoms with Gasteiger partial charge < -0.3 is 14.2 Å². The summed E-state index contributed by atoms with van der Waals surface area (Å²) in [4.78, 5) is 0. The van der Waals surface area contributed by atoms with Crippen molar-refractivity contribution in [3.05, 3.63) is 24.3 Å². The molecule has 0 aliphatic heterocycles. The molecule has 0 fully saturated rings. The fraction of sp³-hybridized carbons (Fsp3) is 0.600. The first-order chi connectivity index (χ1) is 8.26. The molecule has 0 aromatic heterocycles. The Kier molecular flexibility index (Phi) is 5.03. The molecule has 0 bridgehead atoms. The van der Waals surface area contributed by atoms with Crippen LogP contribution in [0.5, 0.6) is 11.5 Å². The van der Waals surface area contributed by atoms with Gasteiger partial charge in [0.15, 0.2) is 6.29 Å². The molecule has 0 aliphatic rings. The Morgan fingerprint density at radius 1 is 0.889 bits per heavy atom. The predicted octanol–water partition coefficient (Wildman–Crippen LogP) is 4.01. The molecule has 18 heavy (non-hydrogen) atoms. The Hall–Kier alpha value is -1.22. The molecule has 0 saturated carbocycles. The van der Waals surface area contributed by atoms with Crippen LogP contribution in [-0.2, 0) is 4.74 Å². The van der Waals surface area contributed by atoms with Crippen molar-refractivity contribution in [3.8, 4) is 11.5 Å². The molecule has 102 valence electrons. The Labute approximate surface area is 110 Å². The molecule has 1 unspecified atom stereocenters. The van der Waals surface area contributed by atoms with Crippen LogP contribution in [0.15, 0.2) is 24.3 Å². The zero-order valence-corrected chi connectivity index (χ0v) is 12.2. The first kappa shape index (κ1) is 14.8. The lowest BCUT2D eigenvalue weighted by Crippen LogP contribution is -2.23. The van der Waals surface area contributed by atoms with Crippen LogP contribution in [-0.4, -0.2) is 18.0 Å². The van der Waals surface area contributed by atoms with Gasteiger partial charge in [-0.3, -0.25) is 0 Å². The van der Waals surface area contributed by atoms with Gasteiger partial charge in [0, 0.05) is 0 Å². The summed E-state index contributed by atoms with van der Waals surface area (Å²) < 4.78 is 16.9. The van der Waals surface area contributed by atoms with Crippen LogP contribution in [0.1, 0.15) is 41.5 Å². The molecule has 0 saturated heterocycles. The van der Waals surface area contributed by atoms with Crippen molar-refractivity contribution in [2.75, 3.05) is 0 Å². The highest BCUT2D eigenvalue weighted by molar-refractivity contribution is 5.31. The molecule has 0 aliphatic carbocycles. The standard InChI is InChI=1S/C15H24O3/c1-11(2)16-12(3)17-13-7-9-14(10-8-13)18-15(4,5)6/h7-12H,1-6H3. The van der Waals surface area contributed by atoms with Crippen LogP contribution < -0.4 is 9.47 Å². The van der Waals surface area contributed by atoms with E-state index in [1.165, 1.54) is 0 Å². The highest BCUT2D eigenvalue weighted by Crippen LogP contribution is 2.22. The Morgan fingerprint density at radius 3 is 1.83 bits per heavy atom. The third-order valence-corrected chi connectivity index (χ3v) is 2.01. The molecule has 1 rings (SSSR count). The molecule has 1 aromatic carbocycles. The van der Waals surface area contributed by atoms with E-state index in [0.29, 0.717) is 0 Å². The lowest BCUT2D eigenvalue weighted by atomic mass is 10.2. The van der Waals surface area contributed by atoms with E-state index in [0.717, 1.165) is 11.5 Å². The Balaban J connectivity index is 2.55. The highest BCUT2D eigenvalue weighted by atomic mass is 16.7. The normalized spacial score (nSPS) is 13.5. The van der Waals surface area contributed by atoms with E-state index in [2.05, 4.69) is 0 Å². The summed E-state index contributed by atoms with van der Waals surface area (Å²) in [7, 11) is 0. The molecule has 0 amide bonds. The van der Waals surface area contributed by atoms with E-state index in [9.17, 15) is 0 Å². The fourth-order valence-electron chi connectivity index (χ4n) is 1.54. The summed E-state index contributed by atoms with van der Waals surface area (Å²) in [5, 5.41) is 0. The van der Waals surface area contributed by atoms with Crippen molar-refractivity contribution >= 4 is 0 Å². The monoisotopic (exact) mass is 252 g/mol. The molecule has 0 N–H and O–H groups in total. The molecule has 0 heterocycles. The largest absolute Gasteiger partial charge is 0.488 e. The summed E-state index contributed by atoms with van der Waals surface area (Å²) in [6, 6.07) is 7.59. The van der Waals surface area contributed by atoms with Crippen LogP contribution in [0.4, 0.5) is 0 Å². The minimum Gasteiger partial charge on any atom is -0.488 e. The third kappa shape index (κ3) is 5.92. The maximum absolute atomic E-state index is 5.74. The van der Waals surface area contributed by atoms with Crippen LogP contribution in [0, 0.1) is 0 Å². The van der Waals surface area contributed by atoms with Crippen molar-refractivity contribution in [2.45, 2.75) is 59.5 Å². The SMILES string of the molecule is CC(C)OC(C)Oc1ccc(OC(C)(C)C)cc1. The second kappa shape index (κ2) is 6.10. The first-order valence-corrected chi connectivity index (χ1v) is 6.37. The second-order valence-corrected chi connectivity index (χ2v) is 5.56. The Morgan fingerprint density at radius 2 is 1.39 bits per heavy atom. The second-order valence-electron chi connectivity index (χ2n) is 5.56. The summed E-state index contributed by atoms with van der Waals surface area (Å²) in [6.07, 6.45) is -0.0946. The van der Waals surface area contributed by atoms with Gasteiger partial charge in [0.1, 0.15) is 17.1 Å². The molecule has 0 radical (unpaired) electrons. The van der Waals surface area contributed by atoms with Crippen molar-refractivity contribution in [1.29, 1.82) is 0 Å². The number of benzene rings is 1. The van der Waals surface area contributed by atoms with Crippen molar-refractivity contribution in [3.63, 3.8) is 0 Å². The number of hydrogen-bond donors (Lipinski definition) is 0. The van der Waals surface area contributed by atoms with Gasteiger partial charge in [-0.1, -0.05) is 0 Å². The minimum absolute atomic E-state index is 0.156. The summed E-state index contributed by atoms with van der Waals surface area (Å²) in [5.41, 5.74) is -0.184. The van der Waals surface area contributed by atoms with E-state index in [1.54, 1.807) is 0 Å². The van der Waals surface area contributed by atoms with Gasteiger partial charge in [0.05, 0.1) is 6.10 Å². The maximum atomic E-state index is 5.74. The lowest BCUT2D eigenvalue weighted by molar-refractivity contribution is -0.0951. The lowest BCUT2D eigenvalue weighted by Gasteiger charge is -2.22. The van der Waals surface area contributed by atoms with Gasteiger partial charge in [-0.05, 0) is 65.8 Å². The number of rotatable bonds is 5. The first-order valence-electron chi connectivity index (χ1n) is 6.37. The van der Waals surface area contributed by atoms with Crippen LogP contribution >= 0.6 is 0 Å². The van der Waals surface area contributed by atoms with Crippen molar-refractivity contribution in [1.82, 2.24) is 0 Å². The molecule has 0 spiro atoms. The van der Waals surface area contributed by atoms with Crippen molar-refractivity contribution < 1.29 is 14.2 Å². The number of ether oxygens (including phenoxy) is 3. The van der Waals surface area contributed by atoms with Crippen LogP contribution in [0.3, 0.4) is 0 Å². The van der Waals surface area contributed by atoms with Crippen LogP contribution in [0.25, 0.3) is 0 Å². The van der Waals surface area contributed by atoms with Gasteiger partial charge in [-0.2, -0.15) is 0 Å².